The molecule has 1 fully saturated rings. The first-order valence-electron chi connectivity index (χ1n) is 9.53. The third-order valence-corrected chi connectivity index (χ3v) is 4.16. The van der Waals surface area contributed by atoms with Gasteiger partial charge in [-0.3, -0.25) is 0 Å². The van der Waals surface area contributed by atoms with Crippen molar-refractivity contribution in [2.75, 3.05) is 6.61 Å². The van der Waals surface area contributed by atoms with E-state index in [2.05, 4.69) is 25.7 Å². The molecule has 1 aliphatic rings. The summed E-state index contributed by atoms with van der Waals surface area (Å²) < 4.78 is 17.7. The standard InChI is InChI=1S/C22H30O5/c1-16(2)10-8-13-18(25-21(24)17-11-6-5-7-12-17)20-19(14-9-15-23)26-22(3,4)27-20/h5-7,11-12,16,18-20,23H,9-10,14-15H2,1-4H3/t18?,19-,20+/m0/s1. The van der Waals surface area contributed by atoms with Crippen LogP contribution in [-0.4, -0.2) is 41.8 Å². The van der Waals surface area contributed by atoms with E-state index >= 15 is 0 Å². The Labute approximate surface area is 162 Å². The fourth-order valence-electron chi connectivity index (χ4n) is 2.94. The summed E-state index contributed by atoms with van der Waals surface area (Å²) >= 11 is 0. The van der Waals surface area contributed by atoms with Crippen molar-refractivity contribution in [3.8, 4) is 11.8 Å². The molecule has 0 aliphatic carbocycles. The molecule has 1 saturated heterocycles. The summed E-state index contributed by atoms with van der Waals surface area (Å²) in [5, 5.41) is 9.17. The predicted octanol–water partition coefficient (Wildman–Crippen LogP) is 3.55. The molecule has 5 heteroatoms. The highest BCUT2D eigenvalue weighted by atomic mass is 16.8. The molecule has 0 spiro atoms. The Morgan fingerprint density at radius 2 is 1.96 bits per heavy atom. The minimum Gasteiger partial charge on any atom is -0.443 e. The van der Waals surface area contributed by atoms with Gasteiger partial charge in [-0.25, -0.2) is 4.79 Å². The van der Waals surface area contributed by atoms with E-state index in [0.29, 0.717) is 30.7 Å². The molecule has 1 unspecified atom stereocenters. The molecule has 5 nitrogen and oxygen atoms in total. The number of aliphatic hydroxyl groups is 1. The third kappa shape index (κ3) is 6.66. The lowest BCUT2D eigenvalue weighted by molar-refractivity contribution is -0.153. The van der Waals surface area contributed by atoms with Gasteiger partial charge in [-0.15, -0.1) is 0 Å². The topological polar surface area (TPSA) is 65.0 Å². The molecule has 3 atom stereocenters. The minimum atomic E-state index is -0.790. The highest BCUT2D eigenvalue weighted by Crippen LogP contribution is 2.33. The number of hydrogen-bond acceptors (Lipinski definition) is 5. The normalized spacial score (nSPS) is 22.1. The maximum atomic E-state index is 12.6. The van der Waals surface area contributed by atoms with E-state index in [4.69, 9.17) is 19.3 Å². The molecule has 1 N–H and O–H groups in total. The molecule has 0 amide bonds. The summed E-state index contributed by atoms with van der Waals surface area (Å²) in [6.07, 6.45) is 0.363. The summed E-state index contributed by atoms with van der Waals surface area (Å²) in [5.74, 6) is 5.38. The van der Waals surface area contributed by atoms with Gasteiger partial charge in [-0.1, -0.05) is 43.9 Å². The van der Waals surface area contributed by atoms with Crippen LogP contribution in [0, 0.1) is 17.8 Å². The average molecular weight is 374 g/mol. The molecule has 1 aromatic rings. The van der Waals surface area contributed by atoms with Crippen LogP contribution >= 0.6 is 0 Å². The number of carbonyl (C=O) groups is 1. The lowest BCUT2D eigenvalue weighted by Gasteiger charge is -2.23. The van der Waals surface area contributed by atoms with E-state index in [9.17, 15) is 4.79 Å². The van der Waals surface area contributed by atoms with Crippen molar-refractivity contribution in [3.63, 3.8) is 0 Å². The van der Waals surface area contributed by atoms with Crippen LogP contribution in [0.2, 0.25) is 0 Å². The lowest BCUT2D eigenvalue weighted by atomic mass is 10.0. The van der Waals surface area contributed by atoms with Crippen LogP contribution in [-0.2, 0) is 14.2 Å². The zero-order chi connectivity index (χ0) is 19.9. The van der Waals surface area contributed by atoms with Crippen LogP contribution in [0.5, 0.6) is 0 Å². The summed E-state index contributed by atoms with van der Waals surface area (Å²) in [6, 6.07) is 8.84. The summed E-state index contributed by atoms with van der Waals surface area (Å²) in [6.45, 7) is 7.90. The highest BCUT2D eigenvalue weighted by Gasteiger charge is 2.45. The van der Waals surface area contributed by atoms with Crippen LogP contribution < -0.4 is 0 Å². The van der Waals surface area contributed by atoms with Gasteiger partial charge in [0.15, 0.2) is 11.9 Å². The molecule has 0 bridgehead atoms. The fraction of sp³-hybridized carbons (Fsp3) is 0.591. The number of aliphatic hydroxyl groups excluding tert-OH is 1. The highest BCUT2D eigenvalue weighted by molar-refractivity contribution is 5.89. The van der Waals surface area contributed by atoms with Crippen molar-refractivity contribution in [2.24, 2.45) is 5.92 Å². The molecular weight excluding hydrogens is 344 g/mol. The Morgan fingerprint density at radius 3 is 2.59 bits per heavy atom. The number of hydrogen-bond donors (Lipinski definition) is 1. The SMILES string of the molecule is CC(C)CC#CC(OC(=O)c1ccccc1)[C@H]1OC(C)(C)O[C@H]1CCCO. The Morgan fingerprint density at radius 1 is 1.26 bits per heavy atom. The summed E-state index contributed by atoms with van der Waals surface area (Å²) in [4.78, 5) is 12.6. The van der Waals surface area contributed by atoms with Crippen LogP contribution in [0.1, 0.15) is 57.3 Å². The molecule has 1 aromatic carbocycles. The van der Waals surface area contributed by atoms with Crippen LogP contribution in [0.25, 0.3) is 0 Å². The van der Waals surface area contributed by atoms with Gasteiger partial charge >= 0.3 is 5.97 Å². The first-order valence-corrected chi connectivity index (χ1v) is 9.53. The molecule has 1 heterocycles. The van der Waals surface area contributed by atoms with Crippen molar-refractivity contribution in [1.82, 2.24) is 0 Å². The van der Waals surface area contributed by atoms with Gasteiger partial charge in [0.1, 0.15) is 6.10 Å². The van der Waals surface area contributed by atoms with Crippen LogP contribution in [0.4, 0.5) is 0 Å². The van der Waals surface area contributed by atoms with E-state index in [1.807, 2.05) is 19.9 Å². The van der Waals surface area contributed by atoms with E-state index in [-0.39, 0.29) is 12.7 Å². The van der Waals surface area contributed by atoms with E-state index in [1.54, 1.807) is 24.3 Å². The molecular formula is C22H30O5. The minimum absolute atomic E-state index is 0.0699. The third-order valence-electron chi connectivity index (χ3n) is 4.16. The van der Waals surface area contributed by atoms with Gasteiger partial charge in [-0.2, -0.15) is 0 Å². The molecule has 0 saturated carbocycles. The van der Waals surface area contributed by atoms with Crippen LogP contribution in [0.3, 0.4) is 0 Å². The van der Waals surface area contributed by atoms with Crippen molar-refractivity contribution in [3.05, 3.63) is 35.9 Å². The van der Waals surface area contributed by atoms with Crippen molar-refractivity contribution in [2.45, 2.75) is 71.1 Å². The summed E-state index contributed by atoms with van der Waals surface area (Å²) in [7, 11) is 0. The second-order valence-corrected chi connectivity index (χ2v) is 7.62. The first kappa shape index (κ1) is 21.4. The van der Waals surface area contributed by atoms with Crippen molar-refractivity contribution in [1.29, 1.82) is 0 Å². The molecule has 0 radical (unpaired) electrons. The van der Waals surface area contributed by atoms with Gasteiger partial charge < -0.3 is 19.3 Å². The monoisotopic (exact) mass is 374 g/mol. The zero-order valence-corrected chi connectivity index (χ0v) is 16.6. The summed E-state index contributed by atoms with van der Waals surface area (Å²) in [5.41, 5.74) is 0.471. The van der Waals surface area contributed by atoms with Gasteiger partial charge in [0, 0.05) is 13.0 Å². The van der Waals surface area contributed by atoms with E-state index < -0.39 is 24.0 Å². The van der Waals surface area contributed by atoms with Crippen molar-refractivity contribution >= 4 is 5.97 Å². The number of carbonyl (C=O) groups excluding carboxylic acids is 1. The lowest BCUT2D eigenvalue weighted by Crippen LogP contribution is -2.38. The number of rotatable bonds is 7. The molecule has 2 rings (SSSR count). The smallest absolute Gasteiger partial charge is 0.339 e. The Hall–Kier alpha value is -1.87. The largest absolute Gasteiger partial charge is 0.443 e. The van der Waals surface area contributed by atoms with Crippen LogP contribution in [0.15, 0.2) is 30.3 Å². The maximum absolute atomic E-state index is 12.6. The van der Waals surface area contributed by atoms with Crippen molar-refractivity contribution < 1.29 is 24.1 Å². The number of benzene rings is 1. The van der Waals surface area contributed by atoms with E-state index in [0.717, 1.165) is 0 Å². The Kier molecular flexibility index (Phi) is 7.85. The Bertz CT molecular complexity index is 656. The second kappa shape index (κ2) is 9.89. The van der Waals surface area contributed by atoms with Gasteiger partial charge in [0.05, 0.1) is 11.7 Å². The maximum Gasteiger partial charge on any atom is 0.339 e. The Balaban J connectivity index is 2.21. The second-order valence-electron chi connectivity index (χ2n) is 7.62. The molecule has 0 aromatic heterocycles. The number of esters is 1. The van der Waals surface area contributed by atoms with E-state index in [1.165, 1.54) is 0 Å². The molecule has 148 valence electrons. The molecule has 1 aliphatic heterocycles. The van der Waals surface area contributed by atoms with Gasteiger partial charge in [-0.05, 0) is 44.7 Å². The fourth-order valence-corrected chi connectivity index (χ4v) is 2.94. The zero-order valence-electron chi connectivity index (χ0n) is 16.6. The predicted molar refractivity (Wildman–Crippen MR) is 103 cm³/mol. The van der Waals surface area contributed by atoms with Gasteiger partial charge in [0.25, 0.3) is 0 Å². The number of ether oxygens (including phenoxy) is 3. The van der Waals surface area contributed by atoms with Gasteiger partial charge in [0.2, 0.25) is 0 Å². The average Bonchev–Trinajstić information content (AvgIpc) is 2.94. The molecule has 27 heavy (non-hydrogen) atoms. The quantitative estimate of drug-likeness (QED) is 0.584. The first-order chi connectivity index (χ1) is 12.8.